The van der Waals surface area contributed by atoms with Crippen molar-refractivity contribution in [1.29, 1.82) is 0 Å². The van der Waals surface area contributed by atoms with Crippen molar-refractivity contribution in [2.24, 2.45) is 41.4 Å². The maximum absolute atomic E-state index is 11.8. The van der Waals surface area contributed by atoms with Crippen LogP contribution < -0.4 is 5.32 Å². The largest absolute Gasteiger partial charge is 0.444 e. The molecule has 6 rings (SSSR count). The lowest BCUT2D eigenvalue weighted by atomic mass is 8.98. The maximum Gasteiger partial charge on any atom is 0.408 e. The van der Waals surface area contributed by atoms with Gasteiger partial charge in [-0.2, -0.15) is 0 Å². The van der Waals surface area contributed by atoms with E-state index in [2.05, 4.69) is 5.32 Å². The predicted molar refractivity (Wildman–Crippen MR) is 56.5 cm³/mol. The first-order valence-electron chi connectivity index (χ1n) is 6.48. The Balaban J connectivity index is 1.33. The van der Waals surface area contributed by atoms with E-state index in [1.54, 1.807) is 0 Å². The van der Waals surface area contributed by atoms with Crippen LogP contribution >= 0.6 is 0 Å². The van der Waals surface area contributed by atoms with E-state index in [4.69, 9.17) is 4.74 Å². The number of hydrogen-bond acceptors (Lipinski definition) is 2. The van der Waals surface area contributed by atoms with Crippen molar-refractivity contribution in [2.75, 3.05) is 0 Å². The van der Waals surface area contributed by atoms with Crippen LogP contribution in [0.5, 0.6) is 0 Å². The molecule has 0 bridgehead atoms. The summed E-state index contributed by atoms with van der Waals surface area (Å²) in [7, 11) is 0. The lowest BCUT2D eigenvalue weighted by molar-refractivity contribution is -0.578. The van der Waals surface area contributed by atoms with Gasteiger partial charge in [0.2, 0.25) is 0 Å². The van der Waals surface area contributed by atoms with Crippen molar-refractivity contribution in [3.05, 3.63) is 0 Å². The van der Waals surface area contributed by atoms with Crippen molar-refractivity contribution in [2.45, 2.75) is 31.9 Å². The Hall–Kier alpha value is -0.730. The molecule has 3 heteroatoms. The molecule has 6 fully saturated rings. The molecule has 1 N–H and O–H groups in total. The lowest BCUT2D eigenvalue weighted by Gasteiger charge is -3.07. The second-order valence-electron chi connectivity index (χ2n) is 7.45. The van der Waals surface area contributed by atoms with Crippen molar-refractivity contribution < 1.29 is 9.53 Å². The van der Waals surface area contributed by atoms with E-state index in [-0.39, 0.29) is 17.2 Å². The molecule has 86 valence electrons. The maximum atomic E-state index is 11.8. The number of nitrogens with one attached hydrogen (secondary N) is 1. The lowest BCUT2D eigenvalue weighted by Crippen LogP contribution is -3.11. The summed E-state index contributed by atoms with van der Waals surface area (Å²) >= 11 is 0. The normalized spacial score (nSPS) is 65.1. The highest BCUT2D eigenvalue weighted by molar-refractivity contribution is 5.72. The molecule has 6 aliphatic rings. The number of ether oxygens (including phenoxy) is 1. The number of carbonyl (C=O) groups excluding carboxylic acids is 1. The van der Waals surface area contributed by atoms with E-state index in [1.165, 1.54) is 0 Å². The van der Waals surface area contributed by atoms with Crippen LogP contribution in [0, 0.1) is 41.4 Å². The van der Waals surface area contributed by atoms with Gasteiger partial charge in [0.1, 0.15) is 5.60 Å². The van der Waals surface area contributed by atoms with E-state index >= 15 is 0 Å². The highest BCUT2D eigenvalue weighted by Crippen LogP contribution is 3.02. The molecular formula is C13H17NO2. The molecule has 3 nitrogen and oxygen atoms in total. The first-order chi connectivity index (χ1) is 7.47. The predicted octanol–water partition coefficient (Wildman–Crippen LogP) is 1.63. The molecule has 0 spiro atoms. The monoisotopic (exact) mass is 219 g/mol. The van der Waals surface area contributed by atoms with Gasteiger partial charge >= 0.3 is 6.09 Å². The number of rotatable bonds is 1. The Labute approximate surface area is 94.9 Å². The Morgan fingerprint density at radius 3 is 2.00 bits per heavy atom. The Morgan fingerprint density at radius 2 is 1.56 bits per heavy atom. The van der Waals surface area contributed by atoms with Gasteiger partial charge in [-0.3, -0.25) is 0 Å². The molecule has 0 aromatic carbocycles. The first kappa shape index (κ1) is 8.37. The van der Waals surface area contributed by atoms with Crippen LogP contribution in [0.25, 0.3) is 0 Å². The molecule has 0 aromatic rings. The van der Waals surface area contributed by atoms with Gasteiger partial charge in [0.15, 0.2) is 0 Å². The van der Waals surface area contributed by atoms with Crippen LogP contribution in [0.15, 0.2) is 0 Å². The second-order valence-corrected chi connectivity index (χ2v) is 7.45. The number of hydrogen-bond donors (Lipinski definition) is 1. The quantitative estimate of drug-likeness (QED) is 0.728. The molecule has 0 heterocycles. The standard InChI is InChI=1S/C13H17NO2/c1-12(2,3)16-11(15)14-13-8-5-4-6(8)10(13)7(4)9(5)13/h4-10H,1-3H3,(H,14,15). The zero-order valence-corrected chi connectivity index (χ0v) is 9.86. The van der Waals surface area contributed by atoms with Gasteiger partial charge in [0.25, 0.3) is 0 Å². The Bertz CT molecular complexity index is 385. The topological polar surface area (TPSA) is 38.3 Å². The summed E-state index contributed by atoms with van der Waals surface area (Å²) in [4.78, 5) is 11.8. The van der Waals surface area contributed by atoms with Crippen LogP contribution in [0.2, 0.25) is 0 Å². The fourth-order valence-corrected chi connectivity index (χ4v) is 6.16. The van der Waals surface area contributed by atoms with Crippen molar-refractivity contribution >= 4 is 6.09 Å². The van der Waals surface area contributed by atoms with Crippen LogP contribution in [-0.4, -0.2) is 17.2 Å². The zero-order chi connectivity index (χ0) is 11.0. The summed E-state index contributed by atoms with van der Waals surface area (Å²) in [5, 5.41) is 3.20. The van der Waals surface area contributed by atoms with Crippen molar-refractivity contribution in [3.8, 4) is 0 Å². The zero-order valence-electron chi connectivity index (χ0n) is 9.86. The molecule has 0 radical (unpaired) electrons. The Kier molecular flexibility index (Phi) is 0.947. The molecule has 0 unspecified atom stereocenters. The van der Waals surface area contributed by atoms with Gasteiger partial charge in [0, 0.05) is 0 Å². The highest BCUT2D eigenvalue weighted by atomic mass is 16.6. The molecular weight excluding hydrogens is 202 g/mol. The smallest absolute Gasteiger partial charge is 0.408 e. The third-order valence-electron chi connectivity index (χ3n) is 6.19. The van der Waals surface area contributed by atoms with Gasteiger partial charge in [-0.15, -0.1) is 0 Å². The molecule has 0 atom stereocenters. The van der Waals surface area contributed by atoms with Gasteiger partial charge in [-0.05, 0) is 62.2 Å². The van der Waals surface area contributed by atoms with Gasteiger partial charge < -0.3 is 10.1 Å². The molecule has 0 aromatic heterocycles. The van der Waals surface area contributed by atoms with Crippen molar-refractivity contribution in [1.82, 2.24) is 5.32 Å². The number of carbonyl (C=O) groups is 1. The molecule has 1 amide bonds. The number of amides is 1. The molecule has 16 heavy (non-hydrogen) atoms. The third kappa shape index (κ3) is 0.499. The minimum Gasteiger partial charge on any atom is -0.444 e. The molecule has 0 saturated heterocycles. The number of alkyl carbamates (subject to hydrolysis) is 1. The van der Waals surface area contributed by atoms with E-state index in [0.717, 1.165) is 41.4 Å². The summed E-state index contributed by atoms with van der Waals surface area (Å²) in [5.74, 6) is 6.68. The van der Waals surface area contributed by atoms with Crippen LogP contribution in [0.4, 0.5) is 4.79 Å². The van der Waals surface area contributed by atoms with E-state index in [1.807, 2.05) is 20.8 Å². The first-order valence-corrected chi connectivity index (χ1v) is 6.48. The summed E-state index contributed by atoms with van der Waals surface area (Å²) in [6.07, 6.45) is -0.191. The third-order valence-corrected chi connectivity index (χ3v) is 6.19. The SMILES string of the molecule is CC(C)(C)OC(=O)NC12C3C4C5C3C1C5C42. The van der Waals surface area contributed by atoms with Crippen molar-refractivity contribution in [3.63, 3.8) is 0 Å². The van der Waals surface area contributed by atoms with Crippen LogP contribution in [0.1, 0.15) is 20.8 Å². The molecule has 6 aliphatic carbocycles. The van der Waals surface area contributed by atoms with E-state index in [9.17, 15) is 4.79 Å². The minimum atomic E-state index is -0.372. The van der Waals surface area contributed by atoms with E-state index < -0.39 is 0 Å². The minimum absolute atomic E-state index is 0.191. The second kappa shape index (κ2) is 1.81. The molecule has 0 aliphatic heterocycles. The summed E-state index contributed by atoms with van der Waals surface area (Å²) in [6.45, 7) is 5.77. The summed E-state index contributed by atoms with van der Waals surface area (Å²) < 4.78 is 5.37. The average Bonchev–Trinajstić information content (AvgIpc) is 2.15. The average molecular weight is 219 g/mol. The summed E-state index contributed by atoms with van der Waals surface area (Å²) in [5.41, 5.74) is -0.139. The van der Waals surface area contributed by atoms with Crippen LogP contribution in [-0.2, 0) is 4.74 Å². The van der Waals surface area contributed by atoms with Gasteiger partial charge in [0.05, 0.1) is 5.54 Å². The summed E-state index contributed by atoms with van der Waals surface area (Å²) in [6, 6.07) is 0. The van der Waals surface area contributed by atoms with Gasteiger partial charge in [-0.1, -0.05) is 0 Å². The fourth-order valence-electron chi connectivity index (χ4n) is 6.16. The van der Waals surface area contributed by atoms with E-state index in [0.29, 0.717) is 0 Å². The highest BCUT2D eigenvalue weighted by Gasteiger charge is 3.05. The Morgan fingerprint density at radius 1 is 1.06 bits per heavy atom. The fraction of sp³-hybridized carbons (Fsp3) is 0.923. The van der Waals surface area contributed by atoms with Crippen LogP contribution in [0.3, 0.4) is 0 Å². The van der Waals surface area contributed by atoms with Gasteiger partial charge in [-0.25, -0.2) is 4.79 Å². The molecule has 6 saturated carbocycles.